The van der Waals surface area contributed by atoms with E-state index in [2.05, 4.69) is 20.2 Å². The number of nitrogens with one attached hydrogen (secondary N) is 1. The molecule has 10 heteroatoms. The third kappa shape index (κ3) is 7.00. The van der Waals surface area contributed by atoms with Crippen LogP contribution in [0.1, 0.15) is 60.0 Å². The van der Waals surface area contributed by atoms with Crippen LogP contribution in [-0.2, 0) is 16.6 Å². The molecule has 1 aromatic heterocycles. The Hall–Kier alpha value is -3.63. The van der Waals surface area contributed by atoms with E-state index in [0.29, 0.717) is 31.1 Å². The van der Waals surface area contributed by atoms with Crippen LogP contribution >= 0.6 is 0 Å². The lowest BCUT2D eigenvalue weighted by Crippen LogP contribution is -2.41. The van der Waals surface area contributed by atoms with Gasteiger partial charge in [-0.25, -0.2) is 9.97 Å². The fraction of sp³-hybridized carbons (Fsp3) is 0.419. The normalized spacial score (nSPS) is 23.3. The quantitative estimate of drug-likeness (QED) is 0.398. The monoisotopic (exact) mass is 566 g/mol. The van der Waals surface area contributed by atoms with Crippen LogP contribution in [0.2, 0.25) is 0 Å². The lowest BCUT2D eigenvalue weighted by Gasteiger charge is -2.40. The molecular weight excluding hydrogens is 533 g/mol. The molecule has 3 aromatic rings. The molecule has 1 atom stereocenters. The molecule has 0 radical (unpaired) electrons. The number of rotatable bonds is 8. The molecule has 1 saturated heterocycles. The molecule has 0 spiro atoms. The van der Waals surface area contributed by atoms with Crippen molar-refractivity contribution in [2.75, 3.05) is 19.6 Å². The van der Waals surface area contributed by atoms with Gasteiger partial charge < -0.3 is 15.3 Å². The summed E-state index contributed by atoms with van der Waals surface area (Å²) in [4.78, 5) is 35.8. The van der Waals surface area contributed by atoms with Crippen LogP contribution in [0, 0.1) is 5.92 Å². The second-order valence-electron chi connectivity index (χ2n) is 11.1. The summed E-state index contributed by atoms with van der Waals surface area (Å²) in [5.41, 5.74) is -0.107. The number of benzene rings is 2. The van der Waals surface area contributed by atoms with Crippen LogP contribution in [0.4, 0.5) is 13.2 Å². The third-order valence-electron chi connectivity index (χ3n) is 8.28. The van der Waals surface area contributed by atoms with E-state index < -0.39 is 23.2 Å². The standard InChI is InChI=1S/C31H33F3N4O3/c32-31(33,34)25-4-1-3-23(18-25)29(40)37-19-27(39)17-21-11-16-38(20-21)26-9-12-30(41,13-10-26)24-7-5-22(6-8-24)28-35-14-2-15-36-28/h1-8,14-15,18,21,26,41H,9-13,16-17,19-20H2,(H,37,40)/t21-,26?,30?/m0/s1. The number of likely N-dealkylation sites (tertiary alicyclic amines) is 1. The molecule has 41 heavy (non-hydrogen) atoms. The van der Waals surface area contributed by atoms with Crippen LogP contribution in [-0.4, -0.2) is 57.3 Å². The molecule has 1 aliphatic carbocycles. The van der Waals surface area contributed by atoms with Crippen LogP contribution in [0.15, 0.2) is 67.0 Å². The Morgan fingerprint density at radius 1 is 1.00 bits per heavy atom. The first kappa shape index (κ1) is 28.9. The van der Waals surface area contributed by atoms with Crippen molar-refractivity contribution in [3.63, 3.8) is 0 Å². The summed E-state index contributed by atoms with van der Waals surface area (Å²) in [5.74, 6) is -0.0220. The molecule has 2 heterocycles. The predicted molar refractivity (Wildman–Crippen MR) is 147 cm³/mol. The zero-order valence-electron chi connectivity index (χ0n) is 22.6. The minimum Gasteiger partial charge on any atom is -0.385 e. The zero-order valence-corrected chi connectivity index (χ0v) is 22.6. The van der Waals surface area contributed by atoms with E-state index in [1.165, 1.54) is 12.1 Å². The van der Waals surface area contributed by atoms with Crippen molar-refractivity contribution < 1.29 is 27.9 Å². The average molecular weight is 567 g/mol. The highest BCUT2D eigenvalue weighted by molar-refractivity contribution is 5.96. The van der Waals surface area contributed by atoms with Crippen molar-refractivity contribution in [2.45, 2.75) is 56.3 Å². The molecular formula is C31H33F3N4O3. The molecule has 0 bridgehead atoms. The van der Waals surface area contributed by atoms with Gasteiger partial charge in [0.25, 0.3) is 5.91 Å². The Morgan fingerprint density at radius 3 is 2.39 bits per heavy atom. The molecule has 2 fully saturated rings. The van der Waals surface area contributed by atoms with E-state index in [1.807, 2.05) is 24.3 Å². The number of nitrogens with zero attached hydrogens (tertiary/aromatic N) is 3. The summed E-state index contributed by atoms with van der Waals surface area (Å²) in [6.07, 6.45) is 3.06. The van der Waals surface area contributed by atoms with E-state index in [9.17, 15) is 27.9 Å². The number of ketones is 1. The average Bonchev–Trinajstić information content (AvgIpc) is 3.44. The SMILES string of the molecule is O=C(CNC(=O)c1cccc(C(F)(F)F)c1)C[C@@H]1CCN(C2CCC(O)(c3ccc(-c4ncccn4)cc3)CC2)C1. The van der Waals surface area contributed by atoms with Gasteiger partial charge in [-0.2, -0.15) is 13.2 Å². The molecule has 5 rings (SSSR count). The van der Waals surface area contributed by atoms with Crippen molar-refractivity contribution in [3.05, 3.63) is 83.7 Å². The number of alkyl halides is 3. The third-order valence-corrected chi connectivity index (χ3v) is 8.28. The fourth-order valence-electron chi connectivity index (χ4n) is 5.98. The molecule has 1 saturated carbocycles. The maximum Gasteiger partial charge on any atom is 0.416 e. The number of aliphatic hydroxyl groups is 1. The van der Waals surface area contributed by atoms with E-state index in [-0.39, 0.29) is 23.8 Å². The van der Waals surface area contributed by atoms with Crippen LogP contribution in [0.5, 0.6) is 0 Å². The number of carbonyl (C=O) groups excluding carboxylic acids is 2. The highest BCUT2D eigenvalue weighted by atomic mass is 19.4. The Balaban J connectivity index is 1.07. The van der Waals surface area contributed by atoms with E-state index in [0.717, 1.165) is 55.6 Å². The number of aromatic nitrogens is 2. The summed E-state index contributed by atoms with van der Waals surface area (Å²) < 4.78 is 38.7. The molecule has 7 nitrogen and oxygen atoms in total. The van der Waals surface area contributed by atoms with Gasteiger partial charge in [0.1, 0.15) is 0 Å². The van der Waals surface area contributed by atoms with Gasteiger partial charge in [-0.15, -0.1) is 0 Å². The van der Waals surface area contributed by atoms with Crippen molar-refractivity contribution in [2.24, 2.45) is 5.92 Å². The van der Waals surface area contributed by atoms with Gasteiger partial charge in [-0.3, -0.25) is 9.59 Å². The summed E-state index contributed by atoms with van der Waals surface area (Å²) in [6, 6.07) is 14.1. The number of halogens is 3. The van der Waals surface area contributed by atoms with Crippen molar-refractivity contribution in [1.29, 1.82) is 0 Å². The van der Waals surface area contributed by atoms with Gasteiger partial charge >= 0.3 is 6.18 Å². The lowest BCUT2D eigenvalue weighted by atomic mass is 9.77. The van der Waals surface area contributed by atoms with Crippen molar-refractivity contribution in [3.8, 4) is 11.4 Å². The molecule has 2 aromatic carbocycles. The first-order valence-corrected chi connectivity index (χ1v) is 13.9. The second kappa shape index (κ2) is 12.1. The summed E-state index contributed by atoms with van der Waals surface area (Å²) in [6.45, 7) is 1.45. The van der Waals surface area contributed by atoms with Gasteiger partial charge in [0, 0.05) is 42.5 Å². The molecule has 1 aliphatic heterocycles. The molecule has 216 valence electrons. The predicted octanol–water partition coefficient (Wildman–Crippen LogP) is 5.00. The first-order valence-electron chi connectivity index (χ1n) is 13.9. The first-order chi connectivity index (χ1) is 19.6. The maximum absolute atomic E-state index is 12.9. The number of Topliss-reactive ketones (excluding diaryl/α,β-unsaturated/α-hetero) is 1. The number of amides is 1. The minimum absolute atomic E-state index is 0.127. The Bertz CT molecular complexity index is 1360. The second-order valence-corrected chi connectivity index (χ2v) is 11.1. The zero-order chi connectivity index (χ0) is 29.0. The number of carbonyl (C=O) groups is 2. The Morgan fingerprint density at radius 2 is 1.71 bits per heavy atom. The van der Waals surface area contributed by atoms with E-state index >= 15 is 0 Å². The highest BCUT2D eigenvalue weighted by Gasteiger charge is 2.38. The summed E-state index contributed by atoms with van der Waals surface area (Å²) in [5, 5.41) is 13.9. The lowest BCUT2D eigenvalue weighted by molar-refractivity contribution is -0.137. The Labute approximate surface area is 236 Å². The molecule has 2 aliphatic rings. The van der Waals surface area contributed by atoms with Gasteiger partial charge in [0.2, 0.25) is 0 Å². The van der Waals surface area contributed by atoms with Gasteiger partial charge in [-0.1, -0.05) is 30.3 Å². The minimum atomic E-state index is -4.54. The van der Waals surface area contributed by atoms with Gasteiger partial charge in [-0.05, 0) is 74.4 Å². The fourth-order valence-corrected chi connectivity index (χ4v) is 5.98. The largest absolute Gasteiger partial charge is 0.416 e. The van der Waals surface area contributed by atoms with Gasteiger partial charge in [0.05, 0.1) is 17.7 Å². The number of hydrogen-bond acceptors (Lipinski definition) is 6. The van der Waals surface area contributed by atoms with E-state index in [1.54, 1.807) is 18.5 Å². The molecule has 2 N–H and O–H groups in total. The maximum atomic E-state index is 12.9. The summed E-state index contributed by atoms with van der Waals surface area (Å²) in [7, 11) is 0. The highest BCUT2D eigenvalue weighted by Crippen LogP contribution is 2.40. The number of hydrogen-bond donors (Lipinski definition) is 2. The summed E-state index contributed by atoms with van der Waals surface area (Å²) >= 11 is 0. The van der Waals surface area contributed by atoms with E-state index in [4.69, 9.17) is 0 Å². The van der Waals surface area contributed by atoms with Crippen molar-refractivity contribution in [1.82, 2.24) is 20.2 Å². The topological polar surface area (TPSA) is 95.4 Å². The molecule has 1 amide bonds. The molecule has 0 unspecified atom stereocenters. The van der Waals surface area contributed by atoms with Crippen LogP contribution < -0.4 is 5.32 Å². The van der Waals surface area contributed by atoms with Crippen LogP contribution in [0.3, 0.4) is 0 Å². The van der Waals surface area contributed by atoms with Crippen molar-refractivity contribution >= 4 is 11.7 Å². The van der Waals surface area contributed by atoms with Crippen LogP contribution in [0.25, 0.3) is 11.4 Å². The smallest absolute Gasteiger partial charge is 0.385 e. The van der Waals surface area contributed by atoms with Gasteiger partial charge in [0.15, 0.2) is 11.6 Å². The Kier molecular flexibility index (Phi) is 8.51.